The van der Waals surface area contributed by atoms with Gasteiger partial charge in [-0.1, -0.05) is 121 Å². The molecule has 0 amide bonds. The minimum Gasteiger partial charge on any atom is -0.309 e. The van der Waals surface area contributed by atoms with Crippen molar-refractivity contribution in [3.63, 3.8) is 0 Å². The summed E-state index contributed by atoms with van der Waals surface area (Å²) < 4.78 is 2.48. The topological polar surface area (TPSA) is 4.93 Å². The van der Waals surface area contributed by atoms with E-state index >= 15 is 0 Å². The van der Waals surface area contributed by atoms with Crippen molar-refractivity contribution in [3.05, 3.63) is 140 Å². The van der Waals surface area contributed by atoms with Gasteiger partial charge in [0.2, 0.25) is 0 Å². The smallest absolute Gasteiger partial charge is 0.0619 e. The third kappa shape index (κ3) is 2.66. The van der Waals surface area contributed by atoms with Gasteiger partial charge in [0.25, 0.3) is 0 Å². The maximum atomic E-state index is 2.48. The Morgan fingerprint density at radius 3 is 1.54 bits per heavy atom. The molecule has 1 heteroatoms. The summed E-state index contributed by atoms with van der Waals surface area (Å²) in [6, 6.07) is 51.7. The highest BCUT2D eigenvalue weighted by Gasteiger charge is 2.19. The van der Waals surface area contributed by atoms with E-state index in [9.17, 15) is 0 Å². The highest BCUT2D eigenvalue weighted by atomic mass is 15.0. The van der Waals surface area contributed by atoms with Crippen LogP contribution in [0.5, 0.6) is 0 Å². The molecule has 1 aromatic heterocycles. The Hall–Kier alpha value is -5.40. The van der Waals surface area contributed by atoms with E-state index in [1.165, 1.54) is 92.1 Å². The van der Waals surface area contributed by atoms with Crippen molar-refractivity contribution >= 4 is 86.4 Å². The summed E-state index contributed by atoms with van der Waals surface area (Å²) in [7, 11) is 0. The monoisotopic (exact) mass is 517 g/mol. The summed E-state index contributed by atoms with van der Waals surface area (Å²) in [4.78, 5) is 0. The van der Waals surface area contributed by atoms with Gasteiger partial charge in [-0.3, -0.25) is 0 Å². The lowest BCUT2D eigenvalue weighted by molar-refractivity contribution is 1.19. The predicted octanol–water partition coefficient (Wildman–Crippen LogP) is 11.1. The molecule has 188 valence electrons. The molecule has 0 bridgehead atoms. The third-order valence-electron chi connectivity index (χ3n) is 9.29. The number of hydrogen-bond acceptors (Lipinski definition) is 0. The summed E-state index contributed by atoms with van der Waals surface area (Å²) >= 11 is 0. The zero-order valence-corrected chi connectivity index (χ0v) is 22.2. The summed E-state index contributed by atoms with van der Waals surface area (Å²) in [5.41, 5.74) is 3.70. The first-order valence-electron chi connectivity index (χ1n) is 14.3. The van der Waals surface area contributed by atoms with E-state index in [0.29, 0.717) is 0 Å². The number of para-hydroxylation sites is 1. The van der Waals surface area contributed by atoms with E-state index in [1.54, 1.807) is 0 Å². The zero-order valence-electron chi connectivity index (χ0n) is 22.2. The highest BCUT2D eigenvalue weighted by molar-refractivity contribution is 6.40. The van der Waals surface area contributed by atoms with E-state index in [2.05, 4.69) is 144 Å². The first kappa shape index (κ1) is 21.4. The van der Waals surface area contributed by atoms with Crippen molar-refractivity contribution in [1.29, 1.82) is 0 Å². The Bertz CT molecular complexity index is 2690. The lowest BCUT2D eigenvalue weighted by atomic mass is 9.86. The summed E-state index contributed by atoms with van der Waals surface area (Å²) in [5.74, 6) is 0. The van der Waals surface area contributed by atoms with E-state index in [-0.39, 0.29) is 0 Å². The third-order valence-corrected chi connectivity index (χ3v) is 9.29. The van der Waals surface area contributed by atoms with Crippen molar-refractivity contribution in [2.45, 2.75) is 0 Å². The van der Waals surface area contributed by atoms with Crippen molar-refractivity contribution in [3.8, 4) is 5.69 Å². The van der Waals surface area contributed by atoms with Crippen LogP contribution in [0.1, 0.15) is 0 Å². The molecule has 0 radical (unpaired) electrons. The number of nitrogens with zero attached hydrogens (tertiary/aromatic N) is 1. The molecular formula is C40H23N. The van der Waals surface area contributed by atoms with Gasteiger partial charge in [-0.2, -0.15) is 0 Å². The second kappa shape index (κ2) is 7.62. The molecule has 0 N–H and O–H groups in total. The van der Waals surface area contributed by atoms with Crippen molar-refractivity contribution in [2.24, 2.45) is 0 Å². The fourth-order valence-corrected chi connectivity index (χ4v) is 7.62. The average Bonchev–Trinajstić information content (AvgIpc) is 3.39. The molecule has 0 aliphatic rings. The second-order valence-corrected chi connectivity index (χ2v) is 11.3. The Balaban J connectivity index is 1.42. The van der Waals surface area contributed by atoms with Crippen LogP contribution < -0.4 is 0 Å². The van der Waals surface area contributed by atoms with Crippen LogP contribution in [-0.2, 0) is 0 Å². The summed E-state index contributed by atoms with van der Waals surface area (Å²) in [6.07, 6.45) is 0. The molecule has 0 aliphatic heterocycles. The SMILES string of the molecule is c1ccc2c(c1)ccc1c3ccccc3n(-c3ccc4c(c3)c3cccc5c6ccccc6c6cccc4c6c53)c21. The van der Waals surface area contributed by atoms with Gasteiger partial charge in [-0.15, -0.1) is 0 Å². The molecule has 0 spiro atoms. The molecule has 41 heavy (non-hydrogen) atoms. The molecule has 9 aromatic carbocycles. The van der Waals surface area contributed by atoms with Gasteiger partial charge in [-0.05, 0) is 77.4 Å². The van der Waals surface area contributed by atoms with Gasteiger partial charge >= 0.3 is 0 Å². The fraction of sp³-hybridized carbons (Fsp3) is 0. The maximum Gasteiger partial charge on any atom is 0.0619 e. The predicted molar refractivity (Wildman–Crippen MR) is 177 cm³/mol. The molecule has 10 rings (SSSR count). The van der Waals surface area contributed by atoms with Crippen LogP contribution >= 0.6 is 0 Å². The van der Waals surface area contributed by atoms with Crippen LogP contribution in [0.25, 0.3) is 92.1 Å². The number of aromatic nitrogens is 1. The van der Waals surface area contributed by atoms with Crippen molar-refractivity contribution in [2.75, 3.05) is 0 Å². The van der Waals surface area contributed by atoms with Crippen LogP contribution in [0.2, 0.25) is 0 Å². The van der Waals surface area contributed by atoms with Gasteiger partial charge in [0, 0.05) is 21.8 Å². The van der Waals surface area contributed by atoms with Gasteiger partial charge in [0.05, 0.1) is 11.0 Å². The van der Waals surface area contributed by atoms with E-state index in [1.807, 2.05) is 0 Å². The van der Waals surface area contributed by atoms with Crippen LogP contribution in [0, 0.1) is 0 Å². The Morgan fingerprint density at radius 1 is 0.317 bits per heavy atom. The molecule has 0 fully saturated rings. The minimum atomic E-state index is 1.19. The Labute approximate surface area is 235 Å². The van der Waals surface area contributed by atoms with E-state index < -0.39 is 0 Å². The van der Waals surface area contributed by atoms with Crippen molar-refractivity contribution in [1.82, 2.24) is 4.57 Å². The standard InChI is InChI=1S/C40H23N/c1-2-10-26-24(9-1)19-21-35-30-13-5-6-18-37(30)41(40(26)35)25-20-22-29-33-16-7-14-31-27-11-3-4-12-28(27)32-15-8-17-34(36(29)23-25)39(32)38(31)33/h1-23H. The first-order chi connectivity index (χ1) is 20.4. The van der Waals surface area contributed by atoms with E-state index in [0.717, 1.165) is 0 Å². The molecule has 0 saturated carbocycles. The van der Waals surface area contributed by atoms with Crippen LogP contribution in [0.15, 0.2) is 140 Å². The molecule has 0 aliphatic carbocycles. The minimum absolute atomic E-state index is 1.19. The molecular weight excluding hydrogens is 494 g/mol. The number of fused-ring (bicyclic) bond motifs is 11. The fourth-order valence-electron chi connectivity index (χ4n) is 7.62. The van der Waals surface area contributed by atoms with Crippen molar-refractivity contribution < 1.29 is 0 Å². The number of benzene rings is 9. The normalized spacial score (nSPS) is 12.4. The molecule has 0 unspecified atom stereocenters. The lowest BCUT2D eigenvalue weighted by Gasteiger charge is -2.18. The van der Waals surface area contributed by atoms with Gasteiger partial charge in [-0.25, -0.2) is 0 Å². The second-order valence-electron chi connectivity index (χ2n) is 11.3. The number of hydrogen-bond donors (Lipinski definition) is 0. The Morgan fingerprint density at radius 2 is 0.829 bits per heavy atom. The largest absolute Gasteiger partial charge is 0.309 e. The van der Waals surface area contributed by atoms with Gasteiger partial charge in [0.15, 0.2) is 0 Å². The zero-order chi connectivity index (χ0) is 26.7. The molecule has 10 aromatic rings. The maximum absolute atomic E-state index is 2.48. The quantitative estimate of drug-likeness (QED) is 0.151. The summed E-state index contributed by atoms with van der Waals surface area (Å²) in [5, 5.41) is 18.4. The van der Waals surface area contributed by atoms with Crippen LogP contribution in [-0.4, -0.2) is 4.57 Å². The van der Waals surface area contributed by atoms with Gasteiger partial charge < -0.3 is 4.57 Å². The lowest BCUT2D eigenvalue weighted by Crippen LogP contribution is -1.96. The van der Waals surface area contributed by atoms with Crippen LogP contribution in [0.4, 0.5) is 0 Å². The molecule has 0 saturated heterocycles. The van der Waals surface area contributed by atoms with Gasteiger partial charge in [0.1, 0.15) is 0 Å². The highest BCUT2D eigenvalue weighted by Crippen LogP contribution is 2.45. The summed E-state index contributed by atoms with van der Waals surface area (Å²) in [6.45, 7) is 0. The molecule has 0 atom stereocenters. The molecule has 1 heterocycles. The average molecular weight is 518 g/mol. The van der Waals surface area contributed by atoms with E-state index in [4.69, 9.17) is 0 Å². The number of rotatable bonds is 1. The molecule has 1 nitrogen and oxygen atoms in total. The van der Waals surface area contributed by atoms with Crippen LogP contribution in [0.3, 0.4) is 0 Å². The Kier molecular flexibility index (Phi) is 3.98. The first-order valence-corrected chi connectivity index (χ1v) is 14.3.